The number of hydrogen-bond acceptors (Lipinski definition) is 4. The molecule has 2 amide bonds. The second-order valence-electron chi connectivity index (χ2n) is 6.54. The molecule has 2 fully saturated rings. The van der Waals surface area contributed by atoms with Crippen molar-refractivity contribution in [2.24, 2.45) is 5.92 Å². The van der Waals surface area contributed by atoms with Crippen LogP contribution in [-0.2, 0) is 19.1 Å². The van der Waals surface area contributed by atoms with Crippen LogP contribution >= 0.6 is 0 Å². The summed E-state index contributed by atoms with van der Waals surface area (Å²) in [5.74, 6) is -0.388. The highest BCUT2D eigenvalue weighted by atomic mass is 16.6. The molecule has 1 heterocycles. The van der Waals surface area contributed by atoms with Gasteiger partial charge in [0.2, 0.25) is 11.8 Å². The van der Waals surface area contributed by atoms with Gasteiger partial charge in [-0.15, -0.1) is 0 Å². The van der Waals surface area contributed by atoms with Gasteiger partial charge in [-0.1, -0.05) is 19.3 Å². The minimum atomic E-state index is -0.639. The summed E-state index contributed by atoms with van der Waals surface area (Å²) in [5.41, 5.74) is 0. The summed E-state index contributed by atoms with van der Waals surface area (Å²) in [6.45, 7) is 3.43. The molecule has 0 aromatic heterocycles. The Hall–Kier alpha value is -1.59. The highest BCUT2D eigenvalue weighted by molar-refractivity contribution is 5.91. The molecule has 2 N–H and O–H groups in total. The number of amides is 2. The van der Waals surface area contributed by atoms with E-state index in [4.69, 9.17) is 4.74 Å². The number of carbonyl (C=O) groups excluding carboxylic acids is 3. The third-order valence-corrected chi connectivity index (χ3v) is 4.46. The zero-order valence-corrected chi connectivity index (χ0v) is 13.4. The summed E-state index contributed by atoms with van der Waals surface area (Å²) in [5, 5.41) is 5.36. The van der Waals surface area contributed by atoms with E-state index in [9.17, 15) is 14.4 Å². The number of cyclic esters (lactones) is 1. The minimum Gasteiger partial charge on any atom is -0.461 e. The predicted molar refractivity (Wildman–Crippen MR) is 80.9 cm³/mol. The summed E-state index contributed by atoms with van der Waals surface area (Å²) in [6, 6.07) is -1.24. The van der Waals surface area contributed by atoms with E-state index in [0.717, 1.165) is 12.8 Å². The molecule has 0 spiro atoms. The Morgan fingerprint density at radius 1 is 1.27 bits per heavy atom. The molecule has 0 aromatic rings. The molecule has 2 aliphatic rings. The van der Waals surface area contributed by atoms with Gasteiger partial charge in [0.1, 0.15) is 18.2 Å². The van der Waals surface area contributed by atoms with Gasteiger partial charge in [0, 0.05) is 12.8 Å². The molecule has 3 unspecified atom stereocenters. The van der Waals surface area contributed by atoms with Gasteiger partial charge >= 0.3 is 5.97 Å². The third-order valence-electron chi connectivity index (χ3n) is 4.46. The number of rotatable bonds is 5. The maximum absolute atomic E-state index is 12.0. The molecule has 124 valence electrons. The molecule has 3 atom stereocenters. The highest BCUT2D eigenvalue weighted by Crippen LogP contribution is 2.26. The molecule has 0 aromatic carbocycles. The van der Waals surface area contributed by atoms with Crippen molar-refractivity contribution in [3.8, 4) is 0 Å². The summed E-state index contributed by atoms with van der Waals surface area (Å²) >= 11 is 0. The van der Waals surface area contributed by atoms with Crippen LogP contribution in [0.1, 0.15) is 58.8 Å². The number of nitrogens with one attached hydrogen (secondary N) is 2. The van der Waals surface area contributed by atoms with Gasteiger partial charge in [-0.05, 0) is 32.6 Å². The Balaban J connectivity index is 1.73. The van der Waals surface area contributed by atoms with Crippen molar-refractivity contribution in [2.45, 2.75) is 77.0 Å². The monoisotopic (exact) mass is 310 g/mol. The van der Waals surface area contributed by atoms with Crippen LogP contribution < -0.4 is 10.6 Å². The second-order valence-corrected chi connectivity index (χ2v) is 6.54. The van der Waals surface area contributed by atoms with Gasteiger partial charge in [-0.3, -0.25) is 9.59 Å². The van der Waals surface area contributed by atoms with Gasteiger partial charge < -0.3 is 15.4 Å². The average Bonchev–Trinajstić information content (AvgIpc) is 2.77. The molecule has 1 saturated carbocycles. The summed E-state index contributed by atoms with van der Waals surface area (Å²) in [7, 11) is 0. The fourth-order valence-electron chi connectivity index (χ4n) is 3.19. The topological polar surface area (TPSA) is 84.5 Å². The van der Waals surface area contributed by atoms with E-state index >= 15 is 0 Å². The first-order chi connectivity index (χ1) is 10.5. The van der Waals surface area contributed by atoms with Crippen molar-refractivity contribution >= 4 is 17.8 Å². The van der Waals surface area contributed by atoms with E-state index in [1.165, 1.54) is 19.3 Å². The maximum atomic E-state index is 12.0. The zero-order chi connectivity index (χ0) is 16.1. The van der Waals surface area contributed by atoms with Crippen LogP contribution in [0.2, 0.25) is 0 Å². The quantitative estimate of drug-likeness (QED) is 0.749. The fourth-order valence-corrected chi connectivity index (χ4v) is 3.19. The normalized spacial score (nSPS) is 27.1. The number of hydrogen-bond donors (Lipinski definition) is 2. The third kappa shape index (κ3) is 4.71. The summed E-state index contributed by atoms with van der Waals surface area (Å²) < 4.78 is 5.00. The van der Waals surface area contributed by atoms with E-state index in [1.807, 2.05) is 0 Å². The first kappa shape index (κ1) is 16.8. The molecule has 2 rings (SSSR count). The van der Waals surface area contributed by atoms with Crippen LogP contribution in [0.25, 0.3) is 0 Å². The van der Waals surface area contributed by atoms with E-state index in [2.05, 4.69) is 10.6 Å². The van der Waals surface area contributed by atoms with Gasteiger partial charge in [-0.25, -0.2) is 4.79 Å². The Morgan fingerprint density at radius 2 is 1.95 bits per heavy atom. The molecule has 0 bridgehead atoms. The summed E-state index contributed by atoms with van der Waals surface area (Å²) in [4.78, 5) is 35.5. The molecular formula is C16H26N2O4. The van der Waals surface area contributed by atoms with Crippen molar-refractivity contribution in [3.05, 3.63) is 0 Å². The van der Waals surface area contributed by atoms with Crippen molar-refractivity contribution in [1.82, 2.24) is 10.6 Å². The standard InChI is InChI=1S/C16H26N2O4/c1-10-8-13(16(21)22-10)18-15(20)11(2)17-14(19)9-12-6-4-3-5-7-12/h10-13H,3-9H2,1-2H3,(H,17,19)(H,18,20). The second kappa shape index (κ2) is 7.61. The Labute approximate surface area is 131 Å². The maximum Gasteiger partial charge on any atom is 0.329 e. The predicted octanol–water partition coefficient (Wildman–Crippen LogP) is 1.28. The number of esters is 1. The Morgan fingerprint density at radius 3 is 2.55 bits per heavy atom. The molecule has 6 heteroatoms. The van der Waals surface area contributed by atoms with Crippen LogP contribution in [-0.4, -0.2) is 36.0 Å². The molecule has 0 radical (unpaired) electrons. The smallest absolute Gasteiger partial charge is 0.329 e. The number of carbonyl (C=O) groups is 3. The van der Waals surface area contributed by atoms with Crippen LogP contribution in [0.3, 0.4) is 0 Å². The lowest BCUT2D eigenvalue weighted by atomic mass is 9.87. The van der Waals surface area contributed by atoms with Gasteiger partial charge in [0.15, 0.2) is 0 Å². The van der Waals surface area contributed by atoms with Crippen LogP contribution in [0, 0.1) is 5.92 Å². The molecule has 6 nitrogen and oxygen atoms in total. The largest absolute Gasteiger partial charge is 0.461 e. The van der Waals surface area contributed by atoms with Crippen LogP contribution in [0.5, 0.6) is 0 Å². The first-order valence-corrected chi connectivity index (χ1v) is 8.26. The van der Waals surface area contributed by atoms with Crippen molar-refractivity contribution in [3.63, 3.8) is 0 Å². The molecular weight excluding hydrogens is 284 g/mol. The van der Waals surface area contributed by atoms with E-state index < -0.39 is 18.1 Å². The van der Waals surface area contributed by atoms with Gasteiger partial charge in [-0.2, -0.15) is 0 Å². The Kier molecular flexibility index (Phi) is 5.80. The van der Waals surface area contributed by atoms with Crippen LogP contribution in [0.15, 0.2) is 0 Å². The molecule has 22 heavy (non-hydrogen) atoms. The lowest BCUT2D eigenvalue weighted by molar-refractivity contribution is -0.143. The summed E-state index contributed by atoms with van der Waals surface area (Å²) in [6.07, 6.45) is 6.63. The zero-order valence-electron chi connectivity index (χ0n) is 13.4. The Bertz CT molecular complexity index is 432. The average molecular weight is 310 g/mol. The molecule has 1 saturated heterocycles. The van der Waals surface area contributed by atoms with E-state index in [1.54, 1.807) is 13.8 Å². The molecule has 1 aliphatic heterocycles. The van der Waals surface area contributed by atoms with Crippen molar-refractivity contribution in [2.75, 3.05) is 0 Å². The number of ether oxygens (including phenoxy) is 1. The highest BCUT2D eigenvalue weighted by Gasteiger charge is 2.34. The van der Waals surface area contributed by atoms with Crippen LogP contribution in [0.4, 0.5) is 0 Å². The lowest BCUT2D eigenvalue weighted by Gasteiger charge is -2.22. The van der Waals surface area contributed by atoms with E-state index in [0.29, 0.717) is 18.8 Å². The SMILES string of the molecule is CC1CC(NC(=O)C(C)NC(=O)CC2CCCCC2)C(=O)O1. The minimum absolute atomic E-state index is 0.0862. The van der Waals surface area contributed by atoms with Gasteiger partial charge in [0.25, 0.3) is 0 Å². The van der Waals surface area contributed by atoms with Gasteiger partial charge in [0.05, 0.1) is 0 Å². The van der Waals surface area contributed by atoms with Crippen molar-refractivity contribution < 1.29 is 19.1 Å². The fraction of sp³-hybridized carbons (Fsp3) is 0.812. The first-order valence-electron chi connectivity index (χ1n) is 8.26. The van der Waals surface area contributed by atoms with E-state index in [-0.39, 0.29) is 17.9 Å². The van der Waals surface area contributed by atoms with Crippen molar-refractivity contribution in [1.29, 1.82) is 0 Å². The lowest BCUT2D eigenvalue weighted by Crippen LogP contribution is -2.49. The molecule has 1 aliphatic carbocycles.